The first-order valence-electron chi connectivity index (χ1n) is 5.41. The number of carbonyl (C=O) groups is 2. The van der Waals surface area contributed by atoms with Crippen molar-refractivity contribution < 1.29 is 19.8 Å². The van der Waals surface area contributed by atoms with E-state index in [1.165, 1.54) is 18.2 Å². The van der Waals surface area contributed by atoms with Gasteiger partial charge in [-0.2, -0.15) is 0 Å². The van der Waals surface area contributed by atoms with Crippen LogP contribution < -0.4 is 5.32 Å². The molecule has 1 aromatic heterocycles. The monoisotopic (exact) mass is 277 g/mol. The third-order valence-electron chi connectivity index (χ3n) is 2.51. The molecule has 2 rings (SSSR count). The van der Waals surface area contributed by atoms with Crippen LogP contribution in [0.4, 0.5) is 5.69 Å². The number of hydrogen-bond acceptors (Lipinski definition) is 4. The summed E-state index contributed by atoms with van der Waals surface area (Å²) in [6.45, 7) is 1.79. The second-order valence-corrected chi connectivity index (χ2v) is 4.86. The molecule has 0 atom stereocenters. The molecule has 19 heavy (non-hydrogen) atoms. The maximum absolute atomic E-state index is 12.0. The third-order valence-corrected chi connectivity index (χ3v) is 3.41. The fraction of sp³-hybridized carbons (Fsp3) is 0.0769. The molecule has 0 aliphatic carbocycles. The molecule has 0 aliphatic heterocycles. The normalized spacial score (nSPS) is 10.2. The summed E-state index contributed by atoms with van der Waals surface area (Å²) in [7, 11) is 0. The molecule has 0 bridgehead atoms. The highest BCUT2D eigenvalue weighted by atomic mass is 32.1. The number of anilines is 1. The third kappa shape index (κ3) is 2.74. The second kappa shape index (κ2) is 5.11. The molecule has 0 spiro atoms. The standard InChI is InChI=1S/C13H11NO4S/c1-7-2-3-8(10(15)6-7)12(16)14-9-4-5-19-11(9)13(17)18/h2-6,15H,1H3,(H,14,16)(H,17,18). The molecule has 0 fully saturated rings. The highest BCUT2D eigenvalue weighted by Gasteiger charge is 2.16. The van der Waals surface area contributed by atoms with Gasteiger partial charge in [0.15, 0.2) is 0 Å². The molecule has 1 heterocycles. The number of aromatic carboxylic acids is 1. The van der Waals surface area contributed by atoms with E-state index in [0.29, 0.717) is 0 Å². The summed E-state index contributed by atoms with van der Waals surface area (Å²) in [6, 6.07) is 6.17. The molecule has 0 aliphatic rings. The minimum Gasteiger partial charge on any atom is -0.507 e. The van der Waals surface area contributed by atoms with Crippen LogP contribution in [0.5, 0.6) is 5.75 Å². The lowest BCUT2D eigenvalue weighted by molar-refractivity contribution is 0.0703. The first-order valence-corrected chi connectivity index (χ1v) is 6.28. The van der Waals surface area contributed by atoms with Crippen molar-refractivity contribution in [3.63, 3.8) is 0 Å². The van der Waals surface area contributed by atoms with Crippen molar-refractivity contribution in [2.24, 2.45) is 0 Å². The van der Waals surface area contributed by atoms with Crippen molar-refractivity contribution in [2.75, 3.05) is 5.32 Å². The lowest BCUT2D eigenvalue weighted by Crippen LogP contribution is -2.13. The summed E-state index contributed by atoms with van der Waals surface area (Å²) in [4.78, 5) is 22.9. The fourth-order valence-electron chi connectivity index (χ4n) is 1.60. The highest BCUT2D eigenvalue weighted by molar-refractivity contribution is 7.12. The number of rotatable bonds is 3. The van der Waals surface area contributed by atoms with Gasteiger partial charge in [0, 0.05) is 0 Å². The van der Waals surface area contributed by atoms with Crippen LogP contribution in [-0.2, 0) is 0 Å². The predicted molar refractivity (Wildman–Crippen MR) is 72.1 cm³/mol. The molecule has 6 heteroatoms. The van der Waals surface area contributed by atoms with Gasteiger partial charge in [-0.15, -0.1) is 11.3 Å². The number of nitrogens with one attached hydrogen (secondary N) is 1. The molecule has 0 radical (unpaired) electrons. The van der Waals surface area contributed by atoms with Gasteiger partial charge in [-0.3, -0.25) is 4.79 Å². The predicted octanol–water partition coefficient (Wildman–Crippen LogP) is 2.71. The van der Waals surface area contributed by atoms with Crippen molar-refractivity contribution in [1.82, 2.24) is 0 Å². The zero-order chi connectivity index (χ0) is 14.0. The van der Waals surface area contributed by atoms with E-state index < -0.39 is 11.9 Å². The molecule has 1 amide bonds. The van der Waals surface area contributed by atoms with E-state index in [0.717, 1.165) is 16.9 Å². The first kappa shape index (κ1) is 13.1. The van der Waals surface area contributed by atoms with Gasteiger partial charge in [0.25, 0.3) is 5.91 Å². The largest absolute Gasteiger partial charge is 0.507 e. The minimum absolute atomic E-state index is 0.0555. The fourth-order valence-corrected chi connectivity index (χ4v) is 2.28. The van der Waals surface area contributed by atoms with Crippen molar-refractivity contribution in [1.29, 1.82) is 0 Å². The van der Waals surface area contributed by atoms with Crippen LogP contribution in [0.3, 0.4) is 0 Å². The van der Waals surface area contributed by atoms with Crippen LogP contribution in [-0.4, -0.2) is 22.1 Å². The van der Waals surface area contributed by atoms with Crippen LogP contribution in [0.25, 0.3) is 0 Å². The Balaban J connectivity index is 2.26. The Morgan fingerprint density at radius 3 is 2.63 bits per heavy atom. The number of aryl methyl sites for hydroxylation is 1. The number of carbonyl (C=O) groups excluding carboxylic acids is 1. The van der Waals surface area contributed by atoms with Gasteiger partial charge in [-0.25, -0.2) is 4.79 Å². The van der Waals surface area contributed by atoms with Gasteiger partial charge in [0.1, 0.15) is 10.6 Å². The van der Waals surface area contributed by atoms with E-state index in [2.05, 4.69) is 5.32 Å². The van der Waals surface area contributed by atoms with Crippen LogP contribution in [0.2, 0.25) is 0 Å². The Hall–Kier alpha value is -2.34. The molecular formula is C13H11NO4S. The molecular weight excluding hydrogens is 266 g/mol. The number of aromatic hydroxyl groups is 1. The van der Waals surface area contributed by atoms with Crippen molar-refractivity contribution in [3.05, 3.63) is 45.6 Å². The van der Waals surface area contributed by atoms with Crippen molar-refractivity contribution in [3.8, 4) is 5.75 Å². The van der Waals surface area contributed by atoms with Crippen LogP contribution in [0.1, 0.15) is 25.6 Å². The van der Waals surface area contributed by atoms with E-state index in [1.54, 1.807) is 18.4 Å². The SMILES string of the molecule is Cc1ccc(C(=O)Nc2ccsc2C(=O)O)c(O)c1. The Morgan fingerprint density at radius 2 is 2.00 bits per heavy atom. The number of amides is 1. The van der Waals surface area contributed by atoms with E-state index >= 15 is 0 Å². The molecule has 2 aromatic rings. The Morgan fingerprint density at radius 1 is 1.26 bits per heavy atom. The van der Waals surface area contributed by atoms with Gasteiger partial charge in [0.05, 0.1) is 11.3 Å². The lowest BCUT2D eigenvalue weighted by Gasteiger charge is -2.07. The van der Waals surface area contributed by atoms with Gasteiger partial charge in [-0.05, 0) is 36.1 Å². The van der Waals surface area contributed by atoms with Crippen LogP contribution >= 0.6 is 11.3 Å². The van der Waals surface area contributed by atoms with E-state index in [4.69, 9.17) is 5.11 Å². The smallest absolute Gasteiger partial charge is 0.348 e. The summed E-state index contributed by atoms with van der Waals surface area (Å²) in [6.07, 6.45) is 0. The van der Waals surface area contributed by atoms with E-state index in [-0.39, 0.29) is 21.9 Å². The summed E-state index contributed by atoms with van der Waals surface area (Å²) < 4.78 is 0. The molecule has 3 N–H and O–H groups in total. The van der Waals surface area contributed by atoms with Crippen LogP contribution in [0, 0.1) is 6.92 Å². The second-order valence-electron chi connectivity index (χ2n) is 3.94. The summed E-state index contributed by atoms with van der Waals surface area (Å²) in [5.74, 6) is -1.78. The zero-order valence-electron chi connectivity index (χ0n) is 10.0. The average Bonchev–Trinajstić information content (AvgIpc) is 2.76. The Bertz CT molecular complexity index is 648. The average molecular weight is 277 g/mol. The van der Waals surface area contributed by atoms with Gasteiger partial charge < -0.3 is 15.5 Å². The summed E-state index contributed by atoms with van der Waals surface area (Å²) in [5, 5.41) is 22.7. The number of phenolic OH excluding ortho intramolecular Hbond substituents is 1. The zero-order valence-corrected chi connectivity index (χ0v) is 10.8. The van der Waals surface area contributed by atoms with Crippen molar-refractivity contribution in [2.45, 2.75) is 6.92 Å². The number of hydrogen-bond donors (Lipinski definition) is 3. The molecule has 0 saturated heterocycles. The number of phenols is 1. The summed E-state index contributed by atoms with van der Waals surface area (Å²) >= 11 is 1.02. The molecule has 5 nitrogen and oxygen atoms in total. The number of carboxylic acid groups (broad SMARTS) is 1. The van der Waals surface area contributed by atoms with Gasteiger partial charge >= 0.3 is 5.97 Å². The molecule has 98 valence electrons. The summed E-state index contributed by atoms with van der Waals surface area (Å²) in [5.41, 5.74) is 1.16. The van der Waals surface area contributed by atoms with Crippen molar-refractivity contribution >= 4 is 28.9 Å². The number of benzene rings is 1. The maximum Gasteiger partial charge on any atom is 0.348 e. The molecule has 0 unspecified atom stereocenters. The first-order chi connectivity index (χ1) is 8.99. The quantitative estimate of drug-likeness (QED) is 0.805. The molecule has 1 aromatic carbocycles. The molecule has 0 saturated carbocycles. The number of carboxylic acids is 1. The number of thiophene rings is 1. The topological polar surface area (TPSA) is 86.6 Å². The van der Waals surface area contributed by atoms with E-state index in [1.807, 2.05) is 0 Å². The highest BCUT2D eigenvalue weighted by Crippen LogP contribution is 2.25. The maximum atomic E-state index is 12.0. The lowest BCUT2D eigenvalue weighted by atomic mass is 10.1. The van der Waals surface area contributed by atoms with E-state index in [9.17, 15) is 14.7 Å². The van der Waals surface area contributed by atoms with Gasteiger partial charge in [-0.1, -0.05) is 6.07 Å². The minimum atomic E-state index is -1.10. The Kier molecular flexibility index (Phi) is 3.52. The van der Waals surface area contributed by atoms with Crippen LogP contribution in [0.15, 0.2) is 29.6 Å². The Labute approximate surface area is 113 Å². The van der Waals surface area contributed by atoms with Gasteiger partial charge in [0.2, 0.25) is 0 Å².